The molecule has 0 atom stereocenters. The van der Waals surface area contributed by atoms with E-state index >= 15 is 0 Å². The Morgan fingerprint density at radius 1 is 1.67 bits per heavy atom. The maximum absolute atomic E-state index is 12.4. The first-order chi connectivity index (χ1) is 6.97. The molecule has 0 aliphatic rings. The molecule has 0 aliphatic heterocycles. The number of nitrogens with zero attached hydrogens (tertiary/aromatic N) is 1. The van der Waals surface area contributed by atoms with Crippen LogP contribution >= 0.6 is 34.2 Å². The molecule has 1 N–H and O–H groups in total. The van der Waals surface area contributed by atoms with Gasteiger partial charge in [0.2, 0.25) is 0 Å². The van der Waals surface area contributed by atoms with Crippen LogP contribution in [0.4, 0.5) is 8.78 Å². The summed E-state index contributed by atoms with van der Waals surface area (Å²) in [6, 6.07) is 1.31. The van der Waals surface area contributed by atoms with E-state index in [1.54, 1.807) is 22.6 Å². The van der Waals surface area contributed by atoms with Crippen molar-refractivity contribution in [2.45, 2.75) is 12.3 Å². The molecule has 0 saturated heterocycles. The van der Waals surface area contributed by atoms with Crippen LogP contribution in [0.1, 0.15) is 28.2 Å². The number of aromatic carboxylic acids is 1. The van der Waals surface area contributed by atoms with Crippen molar-refractivity contribution in [2.24, 2.45) is 0 Å². The predicted molar refractivity (Wildman–Crippen MR) is 58.4 cm³/mol. The van der Waals surface area contributed by atoms with Crippen LogP contribution in [0.5, 0.6) is 0 Å². The van der Waals surface area contributed by atoms with Gasteiger partial charge in [-0.25, -0.2) is 18.6 Å². The summed E-state index contributed by atoms with van der Waals surface area (Å²) in [6.45, 7) is 0. The summed E-state index contributed by atoms with van der Waals surface area (Å²) < 4.78 is 25.0. The molecule has 0 unspecified atom stereocenters. The van der Waals surface area contributed by atoms with Gasteiger partial charge in [0.25, 0.3) is 6.43 Å². The van der Waals surface area contributed by atoms with Crippen LogP contribution in [-0.2, 0) is 5.88 Å². The van der Waals surface area contributed by atoms with Crippen molar-refractivity contribution in [1.82, 2.24) is 4.98 Å². The number of halogens is 4. The zero-order valence-electron chi connectivity index (χ0n) is 7.18. The quantitative estimate of drug-likeness (QED) is 0.675. The third kappa shape index (κ3) is 2.75. The molecule has 1 aromatic heterocycles. The summed E-state index contributed by atoms with van der Waals surface area (Å²) in [5.41, 5.74) is -0.708. The number of carboxylic acids is 1. The number of aromatic nitrogens is 1. The summed E-state index contributed by atoms with van der Waals surface area (Å²) in [4.78, 5) is 14.1. The Morgan fingerprint density at radius 3 is 2.67 bits per heavy atom. The topological polar surface area (TPSA) is 50.2 Å². The molecule has 0 fully saturated rings. The van der Waals surface area contributed by atoms with E-state index < -0.39 is 23.8 Å². The smallest absolute Gasteiger partial charge is 0.354 e. The second kappa shape index (κ2) is 5.02. The van der Waals surface area contributed by atoms with Gasteiger partial charge in [-0.1, -0.05) is 0 Å². The first kappa shape index (κ1) is 12.6. The Balaban J connectivity index is 3.37. The monoisotopic (exact) mass is 347 g/mol. The maximum atomic E-state index is 12.4. The zero-order valence-corrected chi connectivity index (χ0v) is 10.1. The van der Waals surface area contributed by atoms with Gasteiger partial charge < -0.3 is 5.11 Å². The second-order valence-corrected chi connectivity index (χ2v) is 4.03. The highest BCUT2D eigenvalue weighted by Crippen LogP contribution is 2.25. The Hall–Kier alpha value is -0.500. The lowest BCUT2D eigenvalue weighted by atomic mass is 10.2. The zero-order chi connectivity index (χ0) is 11.6. The summed E-state index contributed by atoms with van der Waals surface area (Å²) in [5, 5.41) is 8.73. The van der Waals surface area contributed by atoms with Gasteiger partial charge in [0.05, 0.1) is 0 Å². The molecule has 0 radical (unpaired) electrons. The van der Waals surface area contributed by atoms with Gasteiger partial charge in [0, 0.05) is 15.0 Å². The third-order valence-corrected chi connectivity index (χ3v) is 2.79. The van der Waals surface area contributed by atoms with Gasteiger partial charge >= 0.3 is 5.97 Å². The average molecular weight is 347 g/mol. The molecule has 0 aliphatic carbocycles. The van der Waals surface area contributed by atoms with Crippen LogP contribution in [0.15, 0.2) is 6.07 Å². The van der Waals surface area contributed by atoms with E-state index in [9.17, 15) is 13.6 Å². The number of carbonyl (C=O) groups is 1. The van der Waals surface area contributed by atoms with Crippen molar-refractivity contribution < 1.29 is 18.7 Å². The highest BCUT2D eigenvalue weighted by atomic mass is 127. The molecule has 15 heavy (non-hydrogen) atoms. The normalized spacial score (nSPS) is 10.7. The molecule has 7 heteroatoms. The van der Waals surface area contributed by atoms with E-state index in [4.69, 9.17) is 16.7 Å². The summed E-state index contributed by atoms with van der Waals surface area (Å²) in [7, 11) is 0. The van der Waals surface area contributed by atoms with Gasteiger partial charge in [-0.3, -0.25) is 0 Å². The fourth-order valence-corrected chi connectivity index (χ4v) is 1.92. The largest absolute Gasteiger partial charge is 0.477 e. The standard InChI is InChI=1S/C8H5ClF2INO2/c9-2-3-1-4(12)6(7(10)11)13-5(3)8(14)15/h1,7H,2H2,(H,14,15). The molecule has 0 aromatic carbocycles. The summed E-state index contributed by atoms with van der Waals surface area (Å²) >= 11 is 7.16. The molecule has 82 valence electrons. The molecule has 1 aromatic rings. The van der Waals surface area contributed by atoms with Gasteiger partial charge in [-0.15, -0.1) is 11.6 Å². The molecule has 0 amide bonds. The lowest BCUT2D eigenvalue weighted by Crippen LogP contribution is -2.09. The molecule has 0 bridgehead atoms. The van der Waals surface area contributed by atoms with Gasteiger partial charge in [0.1, 0.15) is 5.69 Å². The number of alkyl halides is 3. The number of rotatable bonds is 3. The first-order valence-corrected chi connectivity index (χ1v) is 5.35. The van der Waals surface area contributed by atoms with E-state index in [-0.39, 0.29) is 15.0 Å². The first-order valence-electron chi connectivity index (χ1n) is 3.74. The van der Waals surface area contributed by atoms with Gasteiger partial charge in [-0.05, 0) is 28.7 Å². The van der Waals surface area contributed by atoms with Crippen molar-refractivity contribution in [3.05, 3.63) is 26.6 Å². The highest BCUT2D eigenvalue weighted by Gasteiger charge is 2.20. The SMILES string of the molecule is O=C(O)c1nc(C(F)F)c(I)cc1CCl. The molecule has 1 rings (SSSR count). The lowest BCUT2D eigenvalue weighted by molar-refractivity contribution is 0.0687. The van der Waals surface area contributed by atoms with Crippen LogP contribution < -0.4 is 0 Å². The Kier molecular flexibility index (Phi) is 4.21. The molecule has 3 nitrogen and oxygen atoms in total. The maximum Gasteiger partial charge on any atom is 0.354 e. The van der Waals surface area contributed by atoms with E-state index in [0.29, 0.717) is 0 Å². The van der Waals surface area contributed by atoms with E-state index in [1.807, 2.05) is 0 Å². The minimum Gasteiger partial charge on any atom is -0.477 e. The number of hydrogen-bond donors (Lipinski definition) is 1. The van der Waals surface area contributed by atoms with Crippen molar-refractivity contribution in [3.8, 4) is 0 Å². The van der Waals surface area contributed by atoms with Crippen LogP contribution in [-0.4, -0.2) is 16.1 Å². The van der Waals surface area contributed by atoms with Gasteiger partial charge in [-0.2, -0.15) is 0 Å². The highest BCUT2D eigenvalue weighted by molar-refractivity contribution is 14.1. The number of pyridine rings is 1. The number of hydrogen-bond acceptors (Lipinski definition) is 2. The minimum absolute atomic E-state index is 0.0752. The van der Waals surface area contributed by atoms with Crippen molar-refractivity contribution in [2.75, 3.05) is 0 Å². The summed E-state index contributed by atoms with van der Waals surface area (Å²) in [6.07, 6.45) is -2.79. The Bertz CT molecular complexity index is 400. The molecule has 0 spiro atoms. The van der Waals surface area contributed by atoms with Crippen LogP contribution in [0.2, 0.25) is 0 Å². The van der Waals surface area contributed by atoms with Crippen LogP contribution in [0.3, 0.4) is 0 Å². The fourth-order valence-electron chi connectivity index (χ4n) is 0.981. The van der Waals surface area contributed by atoms with E-state index in [1.165, 1.54) is 6.07 Å². The van der Waals surface area contributed by atoms with Crippen LogP contribution in [0.25, 0.3) is 0 Å². The average Bonchev–Trinajstić information content (AvgIpc) is 2.16. The van der Waals surface area contributed by atoms with Crippen molar-refractivity contribution in [3.63, 3.8) is 0 Å². The molecular weight excluding hydrogens is 342 g/mol. The van der Waals surface area contributed by atoms with Crippen molar-refractivity contribution >= 4 is 40.2 Å². The predicted octanol–water partition coefficient (Wildman–Crippen LogP) is 3.06. The third-order valence-electron chi connectivity index (χ3n) is 1.64. The van der Waals surface area contributed by atoms with Crippen molar-refractivity contribution in [1.29, 1.82) is 0 Å². The molecule has 1 heterocycles. The van der Waals surface area contributed by atoms with E-state index in [0.717, 1.165) is 0 Å². The lowest BCUT2D eigenvalue weighted by Gasteiger charge is -2.07. The molecular formula is C8H5ClF2INO2. The fraction of sp³-hybridized carbons (Fsp3) is 0.250. The Morgan fingerprint density at radius 2 is 2.27 bits per heavy atom. The van der Waals surface area contributed by atoms with Gasteiger partial charge in [0.15, 0.2) is 5.69 Å². The second-order valence-electron chi connectivity index (χ2n) is 2.60. The molecule has 0 saturated carbocycles. The van der Waals surface area contributed by atoms with E-state index in [2.05, 4.69) is 4.98 Å². The number of carboxylic acid groups (broad SMARTS) is 1. The Labute approximate surface area is 103 Å². The minimum atomic E-state index is -2.79. The summed E-state index contributed by atoms with van der Waals surface area (Å²) in [5.74, 6) is -1.43. The van der Waals surface area contributed by atoms with Crippen LogP contribution in [0, 0.1) is 3.57 Å².